The molecule has 0 radical (unpaired) electrons. The van der Waals surface area contributed by atoms with Gasteiger partial charge in [-0.05, 0) is 37.6 Å². The third kappa shape index (κ3) is 3.22. The van der Waals surface area contributed by atoms with Gasteiger partial charge in [-0.1, -0.05) is 12.1 Å². The zero-order valence-electron chi connectivity index (χ0n) is 17.0. The van der Waals surface area contributed by atoms with Crippen molar-refractivity contribution in [2.75, 3.05) is 10.0 Å². The summed E-state index contributed by atoms with van der Waals surface area (Å²) in [7, 11) is 0. The molecule has 3 aromatic heterocycles. The van der Waals surface area contributed by atoms with E-state index in [-0.39, 0.29) is 0 Å². The van der Waals surface area contributed by atoms with Gasteiger partial charge in [0.25, 0.3) is 0 Å². The Kier molecular flexibility index (Phi) is 4.29. The van der Waals surface area contributed by atoms with E-state index in [1.54, 1.807) is 49.8 Å². The molecule has 0 aliphatic carbocycles. The van der Waals surface area contributed by atoms with E-state index in [9.17, 15) is 9.90 Å². The van der Waals surface area contributed by atoms with Crippen LogP contribution in [0.4, 0.5) is 17.3 Å². The van der Waals surface area contributed by atoms with Crippen LogP contribution >= 0.6 is 0 Å². The van der Waals surface area contributed by atoms with Crippen LogP contribution in [0.5, 0.6) is 0 Å². The number of carbonyl (C=O) groups is 1. The Morgan fingerprint density at radius 1 is 1.10 bits per heavy atom. The minimum atomic E-state index is -1.18. The van der Waals surface area contributed by atoms with Crippen LogP contribution in [0.1, 0.15) is 19.4 Å². The van der Waals surface area contributed by atoms with Gasteiger partial charge >= 0.3 is 5.97 Å². The van der Waals surface area contributed by atoms with Gasteiger partial charge in [-0.25, -0.2) is 19.8 Å². The van der Waals surface area contributed by atoms with E-state index in [4.69, 9.17) is 0 Å². The van der Waals surface area contributed by atoms with Crippen LogP contribution in [0.15, 0.2) is 61.3 Å². The van der Waals surface area contributed by atoms with Gasteiger partial charge in [0, 0.05) is 24.0 Å². The van der Waals surface area contributed by atoms with Crippen molar-refractivity contribution in [1.29, 1.82) is 0 Å². The Bertz CT molecular complexity index is 1290. The molecule has 0 spiro atoms. The molecule has 0 saturated carbocycles. The Morgan fingerprint density at radius 3 is 2.71 bits per heavy atom. The topological polar surface area (TPSA) is 112 Å². The lowest BCUT2D eigenvalue weighted by molar-refractivity contribution is -0.146. The molecule has 10 heteroatoms. The lowest BCUT2D eigenvalue weighted by Gasteiger charge is -2.22. The summed E-state index contributed by atoms with van der Waals surface area (Å²) in [4.78, 5) is 24.9. The summed E-state index contributed by atoms with van der Waals surface area (Å²) in [6, 6.07) is 10.1. The zero-order valence-corrected chi connectivity index (χ0v) is 17.0. The monoisotopic (exact) mass is 416 g/mol. The number of aromatic nitrogens is 5. The molecule has 0 saturated heterocycles. The molecular formula is C21H20N8O2. The summed E-state index contributed by atoms with van der Waals surface area (Å²) in [6.45, 7) is 3.73. The number of nitrogens with one attached hydrogen (secondary N) is 1. The first-order chi connectivity index (χ1) is 14.9. The van der Waals surface area contributed by atoms with Gasteiger partial charge in [0.2, 0.25) is 0 Å². The molecule has 0 fully saturated rings. The summed E-state index contributed by atoms with van der Waals surface area (Å²) >= 11 is 0. The second kappa shape index (κ2) is 7.03. The standard InChI is InChI=1S/C21H20N8O2/c1-21(2,20(30)31)28-13-16(11-25-28)29-19-18(23-8-9-24-19)27(26-29)12-14-5-6-17-15(10-14)4-3-7-22-17/h3-11,13,26H,12H2,1-2H3,(H,30,31). The number of hydrogen-bond acceptors (Lipinski definition) is 8. The molecule has 0 amide bonds. The Morgan fingerprint density at radius 2 is 1.90 bits per heavy atom. The fourth-order valence-electron chi connectivity index (χ4n) is 3.42. The molecule has 156 valence electrons. The van der Waals surface area contributed by atoms with Gasteiger partial charge < -0.3 is 5.11 Å². The van der Waals surface area contributed by atoms with E-state index in [2.05, 4.69) is 31.7 Å². The lowest BCUT2D eigenvalue weighted by atomic mass is 10.1. The second-order valence-electron chi connectivity index (χ2n) is 7.76. The van der Waals surface area contributed by atoms with Gasteiger partial charge in [-0.15, -0.1) is 5.53 Å². The minimum absolute atomic E-state index is 0.543. The van der Waals surface area contributed by atoms with Crippen LogP contribution in [0, 0.1) is 0 Å². The average molecular weight is 416 g/mol. The van der Waals surface area contributed by atoms with Gasteiger partial charge in [0.05, 0.1) is 30.1 Å². The molecule has 1 aliphatic heterocycles. The fourth-order valence-corrected chi connectivity index (χ4v) is 3.42. The minimum Gasteiger partial charge on any atom is -0.479 e. The molecule has 1 aromatic carbocycles. The van der Waals surface area contributed by atoms with Crippen LogP contribution in [0.2, 0.25) is 0 Å². The number of anilines is 3. The highest BCUT2D eigenvalue weighted by molar-refractivity contribution is 5.79. The van der Waals surface area contributed by atoms with E-state index in [0.29, 0.717) is 23.9 Å². The first-order valence-corrected chi connectivity index (χ1v) is 9.71. The highest BCUT2D eigenvalue weighted by Crippen LogP contribution is 2.35. The maximum atomic E-state index is 11.6. The second-order valence-corrected chi connectivity index (χ2v) is 7.76. The summed E-state index contributed by atoms with van der Waals surface area (Å²) in [5.41, 5.74) is 4.78. The van der Waals surface area contributed by atoms with Crippen molar-refractivity contribution in [2.24, 2.45) is 0 Å². The summed E-state index contributed by atoms with van der Waals surface area (Å²) < 4.78 is 1.42. The quantitative estimate of drug-likeness (QED) is 0.507. The van der Waals surface area contributed by atoms with Crippen molar-refractivity contribution in [3.05, 3.63) is 66.9 Å². The Labute approximate surface area is 177 Å². The number of carboxylic acids is 1. The van der Waals surface area contributed by atoms with Crippen LogP contribution in [-0.2, 0) is 16.9 Å². The predicted octanol–water partition coefficient (Wildman–Crippen LogP) is 2.62. The molecule has 0 bridgehead atoms. The highest BCUT2D eigenvalue weighted by Gasteiger charge is 2.34. The molecule has 0 unspecified atom stereocenters. The number of pyridine rings is 1. The number of nitrogens with zero attached hydrogens (tertiary/aromatic N) is 7. The van der Waals surface area contributed by atoms with E-state index >= 15 is 0 Å². The van der Waals surface area contributed by atoms with E-state index < -0.39 is 11.5 Å². The van der Waals surface area contributed by atoms with Gasteiger partial charge in [-0.3, -0.25) is 14.7 Å². The van der Waals surface area contributed by atoms with Crippen molar-refractivity contribution in [1.82, 2.24) is 30.3 Å². The number of rotatable bonds is 5. The number of hydrogen-bond donors (Lipinski definition) is 2. The molecule has 10 nitrogen and oxygen atoms in total. The largest absolute Gasteiger partial charge is 0.479 e. The van der Waals surface area contributed by atoms with E-state index in [1.807, 2.05) is 29.3 Å². The average Bonchev–Trinajstić information content (AvgIpc) is 3.40. The molecule has 4 heterocycles. The first-order valence-electron chi connectivity index (χ1n) is 9.71. The van der Waals surface area contributed by atoms with E-state index in [1.165, 1.54) is 4.68 Å². The fraction of sp³-hybridized carbons (Fsp3) is 0.190. The van der Waals surface area contributed by atoms with Crippen molar-refractivity contribution < 1.29 is 9.90 Å². The number of aliphatic carboxylic acids is 1. The normalized spacial score (nSPS) is 13.6. The number of hydrazine groups is 2. The number of carboxylic acid groups (broad SMARTS) is 1. The van der Waals surface area contributed by atoms with Gasteiger partial charge in [0.15, 0.2) is 17.2 Å². The highest BCUT2D eigenvalue weighted by atomic mass is 16.4. The molecule has 31 heavy (non-hydrogen) atoms. The molecular weight excluding hydrogens is 396 g/mol. The van der Waals surface area contributed by atoms with Crippen molar-refractivity contribution in [3.8, 4) is 0 Å². The van der Waals surface area contributed by atoms with Crippen LogP contribution < -0.4 is 15.6 Å². The SMILES string of the molecule is CC(C)(C(=O)O)n1cc(N2NN(Cc3ccc4ncccc4c3)c3nccnc32)cn1. The molecule has 0 atom stereocenters. The summed E-state index contributed by atoms with van der Waals surface area (Å²) in [6.07, 6.45) is 8.30. The van der Waals surface area contributed by atoms with Crippen LogP contribution in [0.25, 0.3) is 10.9 Å². The first kappa shape index (κ1) is 18.9. The van der Waals surface area contributed by atoms with E-state index in [0.717, 1.165) is 16.5 Å². The number of fused-ring (bicyclic) bond motifs is 2. The van der Waals surface area contributed by atoms with Crippen LogP contribution in [0.3, 0.4) is 0 Å². The lowest BCUT2D eigenvalue weighted by Crippen LogP contribution is -2.41. The van der Waals surface area contributed by atoms with Crippen molar-refractivity contribution in [3.63, 3.8) is 0 Å². The predicted molar refractivity (Wildman–Crippen MR) is 114 cm³/mol. The number of benzene rings is 1. The summed E-state index contributed by atoms with van der Waals surface area (Å²) in [5.74, 6) is 0.306. The molecule has 5 rings (SSSR count). The Balaban J connectivity index is 1.45. The van der Waals surface area contributed by atoms with Crippen molar-refractivity contribution in [2.45, 2.75) is 25.9 Å². The van der Waals surface area contributed by atoms with Crippen molar-refractivity contribution >= 4 is 34.2 Å². The molecule has 2 N–H and O–H groups in total. The van der Waals surface area contributed by atoms with Crippen LogP contribution in [-0.4, -0.2) is 35.8 Å². The van der Waals surface area contributed by atoms with Gasteiger partial charge in [-0.2, -0.15) is 5.10 Å². The smallest absolute Gasteiger partial charge is 0.331 e. The summed E-state index contributed by atoms with van der Waals surface area (Å²) in [5, 5.41) is 18.4. The third-order valence-electron chi connectivity index (χ3n) is 5.28. The van der Waals surface area contributed by atoms with Gasteiger partial charge in [0.1, 0.15) is 0 Å². The zero-order chi connectivity index (χ0) is 21.6. The maximum Gasteiger partial charge on any atom is 0.331 e. The molecule has 1 aliphatic rings. The third-order valence-corrected chi connectivity index (χ3v) is 5.28. The Hall–Kier alpha value is -4.05. The maximum absolute atomic E-state index is 11.6. The molecule has 4 aromatic rings.